The minimum atomic E-state index is 0.0269. The molecule has 3 heterocycles. The molecule has 0 saturated carbocycles. The third kappa shape index (κ3) is 3.53. The van der Waals surface area contributed by atoms with Gasteiger partial charge in [0.2, 0.25) is 11.9 Å². The molecule has 144 valence electrons. The van der Waals surface area contributed by atoms with Gasteiger partial charge in [0.15, 0.2) is 0 Å². The highest BCUT2D eigenvalue weighted by atomic mass is 16.5. The van der Waals surface area contributed by atoms with Crippen LogP contribution in [0.15, 0.2) is 48.9 Å². The van der Waals surface area contributed by atoms with Crippen LogP contribution in [0.4, 0.5) is 5.95 Å². The molecule has 0 aliphatic carbocycles. The lowest BCUT2D eigenvalue weighted by Gasteiger charge is -2.14. The highest BCUT2D eigenvalue weighted by Crippen LogP contribution is 2.24. The third-order valence-electron chi connectivity index (χ3n) is 4.80. The van der Waals surface area contributed by atoms with E-state index in [1.54, 1.807) is 24.2 Å². The molecule has 0 spiro atoms. The number of hydrogen-bond acceptors (Lipinski definition) is 6. The van der Waals surface area contributed by atoms with Crippen molar-refractivity contribution in [2.45, 2.75) is 19.4 Å². The number of para-hydroxylation sites is 2. The summed E-state index contributed by atoms with van der Waals surface area (Å²) >= 11 is 0. The largest absolute Gasteiger partial charge is 0.494 e. The summed E-state index contributed by atoms with van der Waals surface area (Å²) in [5.74, 6) is 1.42. The van der Waals surface area contributed by atoms with E-state index >= 15 is 0 Å². The number of anilines is 1. The molecule has 1 aliphatic rings. The van der Waals surface area contributed by atoms with Crippen LogP contribution in [-0.4, -0.2) is 56.8 Å². The first-order valence-corrected chi connectivity index (χ1v) is 9.23. The van der Waals surface area contributed by atoms with Gasteiger partial charge in [-0.3, -0.25) is 4.79 Å². The quantitative estimate of drug-likeness (QED) is 0.709. The average molecular weight is 378 g/mol. The maximum atomic E-state index is 11.9. The summed E-state index contributed by atoms with van der Waals surface area (Å²) in [6, 6.07) is 9.56. The SMILES string of the molecule is CCN1CC(Nc2nccc(-c3cnn(-c4ccccc4OC)c3)n2)CC1=O. The number of carbonyl (C=O) groups excluding carboxylic acids is 1. The molecule has 1 saturated heterocycles. The van der Waals surface area contributed by atoms with Crippen molar-refractivity contribution in [2.24, 2.45) is 0 Å². The van der Waals surface area contributed by atoms with Crippen LogP contribution < -0.4 is 10.1 Å². The molecule has 2 aromatic heterocycles. The zero-order valence-electron chi connectivity index (χ0n) is 15.9. The van der Waals surface area contributed by atoms with Crippen LogP contribution in [0.3, 0.4) is 0 Å². The van der Waals surface area contributed by atoms with Gasteiger partial charge < -0.3 is 15.0 Å². The number of amides is 1. The van der Waals surface area contributed by atoms with Gasteiger partial charge in [-0.15, -0.1) is 0 Å². The number of rotatable bonds is 6. The standard InChI is InChI=1S/C20H22N6O2/c1-3-25-13-15(10-19(25)27)23-20-21-9-8-16(24-20)14-11-22-26(12-14)17-6-4-5-7-18(17)28-2/h4-9,11-12,15H,3,10,13H2,1-2H3,(H,21,23,24). The first-order chi connectivity index (χ1) is 13.7. The Balaban J connectivity index is 1.54. The molecule has 4 rings (SSSR count). The maximum Gasteiger partial charge on any atom is 0.224 e. The van der Waals surface area contributed by atoms with Crippen molar-refractivity contribution in [3.05, 3.63) is 48.9 Å². The molecule has 1 unspecified atom stereocenters. The van der Waals surface area contributed by atoms with Gasteiger partial charge in [-0.1, -0.05) is 12.1 Å². The van der Waals surface area contributed by atoms with Crippen LogP contribution in [0, 0.1) is 0 Å². The van der Waals surface area contributed by atoms with Crippen LogP contribution in [0.25, 0.3) is 16.9 Å². The number of nitrogens with zero attached hydrogens (tertiary/aromatic N) is 5. The molecule has 0 bridgehead atoms. The first kappa shape index (κ1) is 18.0. The minimum absolute atomic E-state index is 0.0269. The Morgan fingerprint density at radius 3 is 2.93 bits per heavy atom. The molecular formula is C20H22N6O2. The average Bonchev–Trinajstić information content (AvgIpc) is 3.35. The fourth-order valence-corrected chi connectivity index (χ4v) is 3.35. The molecule has 1 fully saturated rings. The maximum absolute atomic E-state index is 11.9. The zero-order valence-corrected chi connectivity index (χ0v) is 15.9. The second-order valence-electron chi connectivity index (χ2n) is 6.59. The van der Waals surface area contributed by atoms with E-state index in [0.29, 0.717) is 18.9 Å². The molecule has 8 heteroatoms. The Morgan fingerprint density at radius 2 is 2.14 bits per heavy atom. The van der Waals surface area contributed by atoms with E-state index in [-0.39, 0.29) is 11.9 Å². The van der Waals surface area contributed by atoms with E-state index in [4.69, 9.17) is 4.74 Å². The molecule has 3 aromatic rings. The van der Waals surface area contributed by atoms with Crippen molar-refractivity contribution in [1.82, 2.24) is 24.6 Å². The van der Waals surface area contributed by atoms with Crippen LogP contribution in [-0.2, 0) is 4.79 Å². The van der Waals surface area contributed by atoms with Gasteiger partial charge >= 0.3 is 0 Å². The number of nitrogens with one attached hydrogen (secondary N) is 1. The van der Waals surface area contributed by atoms with Crippen LogP contribution in [0.1, 0.15) is 13.3 Å². The highest BCUT2D eigenvalue weighted by Gasteiger charge is 2.28. The number of carbonyl (C=O) groups is 1. The number of hydrogen-bond donors (Lipinski definition) is 1. The molecule has 1 aliphatic heterocycles. The van der Waals surface area contributed by atoms with Gasteiger partial charge in [0, 0.05) is 37.5 Å². The number of likely N-dealkylation sites (tertiary alicyclic amines) is 1. The van der Waals surface area contributed by atoms with Crippen LogP contribution in [0.5, 0.6) is 5.75 Å². The van der Waals surface area contributed by atoms with Gasteiger partial charge in [-0.25, -0.2) is 14.6 Å². The lowest BCUT2D eigenvalue weighted by molar-refractivity contribution is -0.127. The summed E-state index contributed by atoms with van der Waals surface area (Å²) in [7, 11) is 1.64. The van der Waals surface area contributed by atoms with E-state index in [1.165, 1.54) is 0 Å². The topological polar surface area (TPSA) is 85.2 Å². The summed E-state index contributed by atoms with van der Waals surface area (Å²) in [5.41, 5.74) is 2.48. The smallest absolute Gasteiger partial charge is 0.224 e. The summed E-state index contributed by atoms with van der Waals surface area (Å²) in [4.78, 5) is 22.6. The number of aromatic nitrogens is 4. The van der Waals surface area contributed by atoms with E-state index in [2.05, 4.69) is 20.4 Å². The second kappa shape index (κ2) is 7.67. The van der Waals surface area contributed by atoms with Gasteiger partial charge in [-0.05, 0) is 25.1 Å². The zero-order chi connectivity index (χ0) is 19.5. The Morgan fingerprint density at radius 1 is 1.29 bits per heavy atom. The predicted octanol–water partition coefficient (Wildman–Crippen LogP) is 2.37. The molecule has 1 atom stereocenters. The second-order valence-corrected chi connectivity index (χ2v) is 6.59. The normalized spacial score (nSPS) is 16.4. The van der Waals surface area contributed by atoms with Crippen molar-refractivity contribution in [2.75, 3.05) is 25.5 Å². The van der Waals surface area contributed by atoms with E-state index in [9.17, 15) is 4.79 Å². The Labute approximate surface area is 163 Å². The van der Waals surface area contributed by atoms with Gasteiger partial charge in [0.25, 0.3) is 0 Å². The molecule has 1 aromatic carbocycles. The summed E-state index contributed by atoms with van der Waals surface area (Å²) in [6.45, 7) is 3.38. The van der Waals surface area contributed by atoms with Gasteiger partial charge in [0.1, 0.15) is 11.4 Å². The van der Waals surface area contributed by atoms with Crippen LogP contribution in [0.2, 0.25) is 0 Å². The Kier molecular flexibility index (Phi) is 4.92. The molecule has 28 heavy (non-hydrogen) atoms. The number of ether oxygens (including phenoxy) is 1. The summed E-state index contributed by atoms with van der Waals surface area (Å²) in [6.07, 6.45) is 5.84. The fraction of sp³-hybridized carbons (Fsp3) is 0.300. The fourth-order valence-electron chi connectivity index (χ4n) is 3.35. The van der Waals surface area contributed by atoms with Crippen molar-refractivity contribution in [3.8, 4) is 22.7 Å². The summed E-state index contributed by atoms with van der Waals surface area (Å²) in [5, 5.41) is 7.71. The first-order valence-electron chi connectivity index (χ1n) is 9.23. The summed E-state index contributed by atoms with van der Waals surface area (Å²) < 4.78 is 7.17. The lowest BCUT2D eigenvalue weighted by Crippen LogP contribution is -2.28. The van der Waals surface area contributed by atoms with Gasteiger partial charge in [-0.2, -0.15) is 5.10 Å². The number of methoxy groups -OCH3 is 1. The monoisotopic (exact) mass is 378 g/mol. The van der Waals surface area contributed by atoms with Crippen molar-refractivity contribution < 1.29 is 9.53 Å². The molecule has 1 N–H and O–H groups in total. The molecule has 1 amide bonds. The Bertz CT molecular complexity index is 986. The van der Waals surface area contributed by atoms with E-state index in [1.807, 2.05) is 48.4 Å². The lowest BCUT2D eigenvalue weighted by atomic mass is 10.2. The van der Waals surface area contributed by atoms with E-state index in [0.717, 1.165) is 29.2 Å². The molecule has 8 nitrogen and oxygen atoms in total. The minimum Gasteiger partial charge on any atom is -0.494 e. The predicted molar refractivity (Wildman–Crippen MR) is 105 cm³/mol. The van der Waals surface area contributed by atoms with Crippen LogP contribution >= 0.6 is 0 Å². The van der Waals surface area contributed by atoms with E-state index < -0.39 is 0 Å². The number of likely N-dealkylation sites (N-methyl/N-ethyl adjacent to an activating group) is 1. The number of benzene rings is 1. The van der Waals surface area contributed by atoms with Gasteiger partial charge in [0.05, 0.1) is 25.0 Å². The molecule has 0 radical (unpaired) electrons. The Hall–Kier alpha value is -3.42. The van der Waals surface area contributed by atoms with Crippen molar-refractivity contribution in [1.29, 1.82) is 0 Å². The third-order valence-corrected chi connectivity index (χ3v) is 4.80. The van der Waals surface area contributed by atoms with Crippen molar-refractivity contribution in [3.63, 3.8) is 0 Å². The highest BCUT2D eigenvalue weighted by molar-refractivity contribution is 5.79. The van der Waals surface area contributed by atoms with Crippen molar-refractivity contribution >= 4 is 11.9 Å². The molecular weight excluding hydrogens is 356 g/mol.